The summed E-state index contributed by atoms with van der Waals surface area (Å²) >= 11 is 7.64. The van der Waals surface area contributed by atoms with Gasteiger partial charge in [-0.3, -0.25) is 9.69 Å². The number of carbonyl (C=O) groups excluding carboxylic acids is 1. The highest BCUT2D eigenvalue weighted by atomic mass is 35.5. The Morgan fingerprint density at radius 2 is 1.83 bits per heavy atom. The molecule has 5 rings (SSSR count). The number of aromatic nitrogens is 1. The first-order valence-corrected chi connectivity index (χ1v) is 10.2. The van der Waals surface area contributed by atoms with Crippen LogP contribution in [0.15, 0.2) is 72.8 Å². The summed E-state index contributed by atoms with van der Waals surface area (Å²) in [6.45, 7) is 0.123. The molecule has 1 aromatic heterocycles. The number of amides is 1. The Balaban J connectivity index is 1.56. The van der Waals surface area contributed by atoms with E-state index in [0.717, 1.165) is 10.2 Å². The van der Waals surface area contributed by atoms with E-state index in [0.29, 0.717) is 27.3 Å². The van der Waals surface area contributed by atoms with Gasteiger partial charge in [0.2, 0.25) is 6.10 Å². The number of hydrogen-bond acceptors (Lipinski definition) is 5. The van der Waals surface area contributed by atoms with Crippen LogP contribution in [-0.2, 0) is 4.79 Å². The normalized spacial score (nSPS) is 15.3. The van der Waals surface area contributed by atoms with E-state index in [9.17, 15) is 4.79 Å². The molecule has 1 aliphatic heterocycles. The van der Waals surface area contributed by atoms with Crippen molar-refractivity contribution in [1.82, 2.24) is 4.98 Å². The van der Waals surface area contributed by atoms with Gasteiger partial charge in [-0.25, -0.2) is 4.98 Å². The van der Waals surface area contributed by atoms with E-state index in [1.54, 1.807) is 29.2 Å². The van der Waals surface area contributed by atoms with Crippen LogP contribution in [0.1, 0.15) is 0 Å². The maximum absolute atomic E-state index is 13.5. The van der Waals surface area contributed by atoms with Gasteiger partial charge in [0.1, 0.15) is 6.61 Å². The van der Waals surface area contributed by atoms with Crippen LogP contribution in [0.2, 0.25) is 5.02 Å². The van der Waals surface area contributed by atoms with Crippen LogP contribution >= 0.6 is 22.9 Å². The third-order valence-electron chi connectivity index (χ3n) is 4.54. The smallest absolute Gasteiger partial charge is 0.278 e. The van der Waals surface area contributed by atoms with Gasteiger partial charge in [-0.2, -0.15) is 0 Å². The molecule has 7 heteroatoms. The average molecular weight is 423 g/mol. The Hall–Kier alpha value is -3.09. The third-order valence-corrected chi connectivity index (χ3v) is 5.80. The Bertz CT molecular complexity index is 1180. The number of anilines is 2. The lowest BCUT2D eigenvalue weighted by Gasteiger charge is -2.29. The molecule has 1 atom stereocenters. The summed E-state index contributed by atoms with van der Waals surface area (Å²) in [5, 5.41) is 1.09. The van der Waals surface area contributed by atoms with Crippen LogP contribution in [0.25, 0.3) is 10.2 Å². The number of ether oxygens (including phenoxy) is 2. The topological polar surface area (TPSA) is 51.7 Å². The summed E-state index contributed by atoms with van der Waals surface area (Å²) in [5.74, 6) is 0.916. The van der Waals surface area contributed by atoms with E-state index in [2.05, 4.69) is 4.98 Å². The van der Waals surface area contributed by atoms with Crippen LogP contribution in [0, 0.1) is 0 Å². The summed E-state index contributed by atoms with van der Waals surface area (Å²) in [6, 6.07) is 22.2. The van der Waals surface area contributed by atoms with Crippen molar-refractivity contribution in [2.24, 2.45) is 0 Å². The second-order valence-corrected chi connectivity index (χ2v) is 7.93. The van der Waals surface area contributed by atoms with E-state index in [1.165, 1.54) is 11.3 Å². The summed E-state index contributed by atoms with van der Waals surface area (Å²) in [4.78, 5) is 19.8. The van der Waals surface area contributed by atoms with Crippen molar-refractivity contribution in [2.45, 2.75) is 6.10 Å². The molecular formula is C22H15ClN2O3S. The molecule has 29 heavy (non-hydrogen) atoms. The second-order valence-electron chi connectivity index (χ2n) is 6.48. The second kappa shape index (κ2) is 7.39. The highest BCUT2D eigenvalue weighted by Gasteiger charge is 2.34. The molecule has 0 saturated carbocycles. The summed E-state index contributed by atoms with van der Waals surface area (Å²) in [5.41, 5.74) is 1.46. The zero-order valence-electron chi connectivity index (χ0n) is 15.1. The summed E-state index contributed by atoms with van der Waals surface area (Å²) in [7, 11) is 0. The first-order chi connectivity index (χ1) is 14.2. The monoisotopic (exact) mass is 422 g/mol. The molecule has 3 aromatic carbocycles. The quantitative estimate of drug-likeness (QED) is 0.440. The maximum Gasteiger partial charge on any atom is 0.278 e. The maximum atomic E-state index is 13.5. The van der Waals surface area contributed by atoms with Crippen molar-refractivity contribution in [3.63, 3.8) is 0 Å². The Morgan fingerprint density at radius 3 is 2.66 bits per heavy atom. The molecule has 1 aliphatic rings. The minimum absolute atomic E-state index is 0.123. The molecule has 0 fully saturated rings. The average Bonchev–Trinajstić information content (AvgIpc) is 3.17. The zero-order chi connectivity index (χ0) is 19.8. The number of rotatable bonds is 3. The number of nitrogens with zero attached hydrogens (tertiary/aromatic N) is 2. The van der Waals surface area contributed by atoms with Gasteiger partial charge in [0.05, 0.1) is 15.9 Å². The van der Waals surface area contributed by atoms with Crippen LogP contribution in [-0.4, -0.2) is 23.6 Å². The molecule has 1 amide bonds. The molecule has 2 heterocycles. The number of carbonyl (C=O) groups is 1. The SMILES string of the molecule is O=C([C@@H]1COc2ccccc2O1)N(c1cccc(Cl)c1)c1nc2ccccc2s1. The molecule has 0 unspecified atom stereocenters. The van der Waals surface area contributed by atoms with Crippen LogP contribution in [0.4, 0.5) is 10.8 Å². The van der Waals surface area contributed by atoms with Crippen molar-refractivity contribution < 1.29 is 14.3 Å². The van der Waals surface area contributed by atoms with E-state index in [1.807, 2.05) is 48.5 Å². The number of halogens is 1. The van der Waals surface area contributed by atoms with Crippen molar-refractivity contribution in [3.8, 4) is 11.5 Å². The third kappa shape index (κ3) is 3.41. The van der Waals surface area contributed by atoms with Crippen molar-refractivity contribution in [2.75, 3.05) is 11.5 Å². The Labute approximate surface area is 176 Å². The van der Waals surface area contributed by atoms with Gasteiger partial charge in [-0.15, -0.1) is 0 Å². The van der Waals surface area contributed by atoms with E-state index < -0.39 is 6.10 Å². The summed E-state index contributed by atoms with van der Waals surface area (Å²) < 4.78 is 12.7. The first kappa shape index (κ1) is 18.0. The first-order valence-electron chi connectivity index (χ1n) is 9.03. The van der Waals surface area contributed by atoms with Crippen molar-refractivity contribution in [3.05, 3.63) is 77.8 Å². The van der Waals surface area contributed by atoms with Gasteiger partial charge in [0.15, 0.2) is 16.6 Å². The predicted molar refractivity (Wildman–Crippen MR) is 115 cm³/mol. The molecule has 0 bridgehead atoms. The number of thiazole rings is 1. The Kier molecular flexibility index (Phi) is 4.58. The fourth-order valence-electron chi connectivity index (χ4n) is 3.19. The fourth-order valence-corrected chi connectivity index (χ4v) is 4.36. The van der Waals surface area contributed by atoms with Crippen LogP contribution in [0.5, 0.6) is 11.5 Å². The van der Waals surface area contributed by atoms with E-state index in [-0.39, 0.29) is 12.5 Å². The lowest BCUT2D eigenvalue weighted by Crippen LogP contribution is -2.44. The molecule has 0 saturated heterocycles. The minimum Gasteiger partial charge on any atom is -0.485 e. The number of para-hydroxylation sites is 3. The van der Waals surface area contributed by atoms with Crippen LogP contribution in [0.3, 0.4) is 0 Å². The minimum atomic E-state index is -0.795. The summed E-state index contributed by atoms with van der Waals surface area (Å²) in [6.07, 6.45) is -0.795. The van der Waals surface area contributed by atoms with Crippen molar-refractivity contribution >= 4 is 49.9 Å². The molecule has 0 radical (unpaired) electrons. The van der Waals surface area contributed by atoms with E-state index >= 15 is 0 Å². The zero-order valence-corrected chi connectivity index (χ0v) is 16.7. The molecule has 5 nitrogen and oxygen atoms in total. The largest absolute Gasteiger partial charge is 0.485 e. The molecule has 0 N–H and O–H groups in total. The van der Waals surface area contributed by atoms with Gasteiger partial charge < -0.3 is 9.47 Å². The fraction of sp³-hybridized carbons (Fsp3) is 0.0909. The highest BCUT2D eigenvalue weighted by Crippen LogP contribution is 2.37. The van der Waals surface area contributed by atoms with Crippen molar-refractivity contribution in [1.29, 1.82) is 0 Å². The van der Waals surface area contributed by atoms with Gasteiger partial charge >= 0.3 is 0 Å². The highest BCUT2D eigenvalue weighted by molar-refractivity contribution is 7.22. The number of fused-ring (bicyclic) bond motifs is 2. The standard InChI is InChI=1S/C22H15ClN2O3S/c23-14-6-5-7-15(12-14)25(22-24-16-8-1-4-11-20(16)29-22)21(26)19-13-27-17-9-2-3-10-18(17)28-19/h1-12,19H,13H2/t19-/m0/s1. The lowest BCUT2D eigenvalue weighted by atomic mass is 10.2. The molecular weight excluding hydrogens is 408 g/mol. The molecule has 4 aromatic rings. The lowest BCUT2D eigenvalue weighted by molar-refractivity contribution is -0.126. The molecule has 0 spiro atoms. The number of hydrogen-bond donors (Lipinski definition) is 0. The Morgan fingerprint density at radius 1 is 1.03 bits per heavy atom. The van der Waals surface area contributed by atoms with Gasteiger partial charge in [0, 0.05) is 5.02 Å². The van der Waals surface area contributed by atoms with Crippen LogP contribution < -0.4 is 14.4 Å². The van der Waals surface area contributed by atoms with E-state index in [4.69, 9.17) is 21.1 Å². The van der Waals surface area contributed by atoms with Gasteiger partial charge in [-0.1, -0.05) is 53.3 Å². The molecule has 144 valence electrons. The van der Waals surface area contributed by atoms with Gasteiger partial charge in [0.25, 0.3) is 5.91 Å². The van der Waals surface area contributed by atoms with Gasteiger partial charge in [-0.05, 0) is 42.5 Å². The predicted octanol–water partition coefficient (Wildman–Crippen LogP) is 5.45. The molecule has 0 aliphatic carbocycles. The number of benzene rings is 3.